The van der Waals surface area contributed by atoms with Gasteiger partial charge in [-0.3, -0.25) is 19.1 Å². The minimum Gasteiger partial charge on any atom is -0.480 e. The van der Waals surface area contributed by atoms with Crippen molar-refractivity contribution in [2.45, 2.75) is 69.1 Å². The molecule has 0 radical (unpaired) electrons. The molecule has 4 N–H and O–H groups in total. The van der Waals surface area contributed by atoms with Gasteiger partial charge in [0.05, 0.1) is 40.5 Å². The molecule has 0 aliphatic heterocycles. The molecular formula is C38H31ClF10N8O7S. The van der Waals surface area contributed by atoms with Crippen LogP contribution in [0.15, 0.2) is 42.5 Å². The minimum absolute atomic E-state index is 0.137. The Morgan fingerprint density at radius 3 is 2.22 bits per heavy atom. The average molecular weight is 969 g/mol. The fraction of sp³-hybridized carbons (Fsp3) is 0.368. The number of aromatic nitrogens is 5. The van der Waals surface area contributed by atoms with Crippen LogP contribution in [0, 0.1) is 24.5 Å². The number of fused-ring (bicyclic) bond motifs is 4. The lowest BCUT2D eigenvalue weighted by atomic mass is 9.93. The monoisotopic (exact) mass is 968 g/mol. The summed E-state index contributed by atoms with van der Waals surface area (Å²) in [6.07, 6.45) is -10.8. The topological polar surface area (TPSA) is 202 Å². The maximum absolute atomic E-state index is 15.4. The highest BCUT2D eigenvalue weighted by Crippen LogP contribution is 2.68. The molecule has 7 rings (SSSR count). The molecule has 0 unspecified atom stereocenters. The van der Waals surface area contributed by atoms with Gasteiger partial charge in [-0.25, -0.2) is 26.8 Å². The highest BCUT2D eigenvalue weighted by atomic mass is 35.5. The average Bonchev–Trinajstić information content (AvgIpc) is 3.68. The Morgan fingerprint density at radius 2 is 1.63 bits per heavy atom. The fourth-order valence-corrected chi connectivity index (χ4v) is 8.95. The summed E-state index contributed by atoms with van der Waals surface area (Å²) in [7, 11) is -4.95. The van der Waals surface area contributed by atoms with E-state index in [1.54, 1.807) is 5.32 Å². The number of carboxylic acid groups (broad SMARTS) is 1. The number of anilines is 1. The fourth-order valence-electron chi connectivity index (χ4n) is 7.92. The van der Waals surface area contributed by atoms with E-state index in [1.807, 2.05) is 0 Å². The molecule has 0 bridgehead atoms. The predicted octanol–water partition coefficient (Wildman–Crippen LogP) is 6.35. The molecule has 3 aromatic heterocycles. The van der Waals surface area contributed by atoms with Crippen LogP contribution in [0.1, 0.15) is 52.3 Å². The zero-order chi connectivity index (χ0) is 47.9. The number of nitrogens with zero attached hydrogens (tertiary/aromatic N) is 6. The lowest BCUT2D eigenvalue weighted by molar-refractivity contribution is -0.143. The molecule has 3 amide bonds. The molecule has 2 aliphatic carbocycles. The number of aliphatic carboxylic acids is 1. The van der Waals surface area contributed by atoms with E-state index < -0.39 is 147 Å². The number of pyridine rings is 1. The molecule has 348 valence electrons. The summed E-state index contributed by atoms with van der Waals surface area (Å²) in [6, 6.07) is 1.33. The van der Waals surface area contributed by atoms with E-state index >= 15 is 8.78 Å². The van der Waals surface area contributed by atoms with Crippen LogP contribution in [0.2, 0.25) is 5.02 Å². The van der Waals surface area contributed by atoms with E-state index in [0.29, 0.717) is 12.3 Å². The van der Waals surface area contributed by atoms with Crippen molar-refractivity contribution in [3.63, 3.8) is 0 Å². The van der Waals surface area contributed by atoms with Crippen LogP contribution in [0.5, 0.6) is 0 Å². The van der Waals surface area contributed by atoms with Gasteiger partial charge in [0, 0.05) is 34.4 Å². The number of aryl methyl sites for hydroxylation is 1. The molecule has 5 aromatic rings. The lowest BCUT2D eigenvalue weighted by Gasteiger charge is -2.23. The van der Waals surface area contributed by atoms with Gasteiger partial charge in [-0.1, -0.05) is 23.7 Å². The van der Waals surface area contributed by atoms with E-state index in [9.17, 15) is 68.1 Å². The standard InChI is InChI=1S/C38H31ClF10N8O7S/c1-15-3-4-19(20-5-6-23(39)28-30(20)56(14-36(42,43)44)54-33(28)57(65(2,63)64)35(62)52-25(13-58)34(60)61)29(50-15)24(9-16-7-17(40)10-18(41)8-16)51-26(59)12-55-32-27(31(53-55)38(47,48)49)21-11-22(21)37(32,45)46/h3-8,10,21-22,24-25,58H,9,11-14H2,1-2H3,(H,51,59)(H,52,62)(H,60,61)/t21-,22+,24-,25-/m0/s1. The first-order valence-corrected chi connectivity index (χ1v) is 21.0. The Hall–Kier alpha value is -6.02. The number of hydrogen-bond donors (Lipinski definition) is 4. The molecule has 1 saturated carbocycles. The molecule has 4 atom stereocenters. The SMILES string of the molecule is Cc1ccc(-c2ccc(Cl)c3c(N(C(=O)N[C@@H](CO)C(=O)O)S(C)(=O)=O)nn(CC(F)(F)F)c23)c([C@H](Cc2cc(F)cc(F)c2)NC(=O)Cn2nc(C(F)(F)F)c3c2C(F)(F)[C@@H]2C[C@H]32)n1. The van der Waals surface area contributed by atoms with Crippen molar-refractivity contribution in [3.8, 4) is 11.1 Å². The van der Waals surface area contributed by atoms with E-state index in [-0.39, 0.29) is 48.2 Å². The first kappa shape index (κ1) is 47.0. The number of aliphatic hydroxyl groups excluding tert-OH is 1. The number of urea groups is 1. The summed E-state index contributed by atoms with van der Waals surface area (Å²) in [4.78, 5) is 43.3. The number of hydrogen-bond acceptors (Lipinski definition) is 9. The number of aliphatic hydroxyl groups is 1. The highest BCUT2D eigenvalue weighted by Gasteiger charge is 2.68. The third kappa shape index (κ3) is 9.14. The van der Waals surface area contributed by atoms with Gasteiger partial charge >= 0.3 is 24.4 Å². The zero-order valence-electron chi connectivity index (χ0n) is 33.1. The number of benzene rings is 2. The Kier molecular flexibility index (Phi) is 11.9. The Morgan fingerprint density at radius 1 is 0.985 bits per heavy atom. The van der Waals surface area contributed by atoms with E-state index in [0.717, 1.165) is 24.3 Å². The predicted molar refractivity (Wildman–Crippen MR) is 206 cm³/mol. The number of sulfonamides is 1. The summed E-state index contributed by atoms with van der Waals surface area (Å²) < 4.78 is 171. The molecule has 65 heavy (non-hydrogen) atoms. The summed E-state index contributed by atoms with van der Waals surface area (Å²) in [6.45, 7) is -3.10. The molecule has 0 spiro atoms. The number of carbonyl (C=O) groups is 3. The van der Waals surface area contributed by atoms with Gasteiger partial charge in [0.15, 0.2) is 17.6 Å². The van der Waals surface area contributed by atoms with Crippen molar-refractivity contribution in [2.75, 3.05) is 17.2 Å². The maximum atomic E-state index is 15.4. The third-order valence-electron chi connectivity index (χ3n) is 10.5. The second kappa shape index (κ2) is 16.4. The quantitative estimate of drug-likeness (QED) is 0.0965. The van der Waals surface area contributed by atoms with Gasteiger partial charge in [-0.15, -0.1) is 0 Å². The van der Waals surface area contributed by atoms with E-state index in [4.69, 9.17) is 11.6 Å². The summed E-state index contributed by atoms with van der Waals surface area (Å²) >= 11 is 6.50. The van der Waals surface area contributed by atoms with Crippen LogP contribution in [-0.2, 0) is 51.2 Å². The molecule has 1 fully saturated rings. The molecule has 27 heteroatoms. The number of amides is 3. The van der Waals surface area contributed by atoms with Crippen LogP contribution in [-0.4, -0.2) is 86.2 Å². The van der Waals surface area contributed by atoms with Crippen LogP contribution in [0.4, 0.5) is 54.5 Å². The summed E-state index contributed by atoms with van der Waals surface area (Å²) in [5.41, 5.74) is -5.04. The van der Waals surface area contributed by atoms with Crippen LogP contribution < -0.4 is 14.9 Å². The van der Waals surface area contributed by atoms with E-state index in [2.05, 4.69) is 20.5 Å². The third-order valence-corrected chi connectivity index (χ3v) is 11.8. The van der Waals surface area contributed by atoms with Gasteiger partial charge < -0.3 is 20.8 Å². The van der Waals surface area contributed by atoms with Gasteiger partial charge in [0.1, 0.15) is 30.4 Å². The smallest absolute Gasteiger partial charge is 0.435 e. The highest BCUT2D eigenvalue weighted by molar-refractivity contribution is 7.92. The normalized spacial score (nSPS) is 17.6. The number of halogens is 11. The molecule has 15 nitrogen and oxygen atoms in total. The molecule has 2 aliphatic rings. The Labute approximate surface area is 364 Å². The van der Waals surface area contributed by atoms with Crippen molar-refractivity contribution in [1.82, 2.24) is 35.2 Å². The number of rotatable bonds is 13. The van der Waals surface area contributed by atoms with Crippen molar-refractivity contribution >= 4 is 56.3 Å². The van der Waals surface area contributed by atoms with Crippen molar-refractivity contribution in [2.24, 2.45) is 5.92 Å². The largest absolute Gasteiger partial charge is 0.480 e. The molecule has 0 saturated heterocycles. The summed E-state index contributed by atoms with van der Waals surface area (Å²) in [5.74, 6) is -12.8. The van der Waals surface area contributed by atoms with Gasteiger partial charge in [-0.05, 0) is 55.5 Å². The Bertz CT molecular complexity index is 2870. The van der Waals surface area contributed by atoms with Crippen LogP contribution in [0.3, 0.4) is 0 Å². The van der Waals surface area contributed by atoms with Gasteiger partial charge in [0.25, 0.3) is 5.92 Å². The van der Waals surface area contributed by atoms with Gasteiger partial charge in [0.2, 0.25) is 15.9 Å². The van der Waals surface area contributed by atoms with Crippen molar-refractivity contribution in [3.05, 3.63) is 93.0 Å². The van der Waals surface area contributed by atoms with Crippen LogP contribution in [0.25, 0.3) is 22.0 Å². The lowest BCUT2D eigenvalue weighted by Crippen LogP contribution is -2.51. The maximum Gasteiger partial charge on any atom is 0.435 e. The molecular weight excluding hydrogens is 938 g/mol. The summed E-state index contributed by atoms with van der Waals surface area (Å²) in [5, 5.41) is 29.0. The second-order valence-corrected chi connectivity index (χ2v) is 17.5. The molecule has 2 aromatic carbocycles. The number of alkyl halides is 8. The first-order valence-electron chi connectivity index (χ1n) is 18.8. The van der Waals surface area contributed by atoms with Crippen LogP contribution >= 0.6 is 11.6 Å². The van der Waals surface area contributed by atoms with Crippen molar-refractivity contribution in [1.29, 1.82) is 0 Å². The zero-order valence-corrected chi connectivity index (χ0v) is 34.6. The second-order valence-electron chi connectivity index (χ2n) is 15.3. The first-order chi connectivity index (χ1) is 30.1. The number of nitrogens with one attached hydrogen (secondary N) is 2. The molecule has 3 heterocycles. The number of carbonyl (C=O) groups excluding carboxylic acids is 2. The minimum atomic E-state index is -5.19. The number of carboxylic acids is 1. The van der Waals surface area contributed by atoms with E-state index in [1.165, 1.54) is 19.1 Å². The van der Waals surface area contributed by atoms with Crippen molar-refractivity contribution < 1.29 is 76.9 Å². The van der Waals surface area contributed by atoms with Gasteiger partial charge in [-0.2, -0.15) is 49.6 Å². The Balaban J connectivity index is 1.40.